The smallest absolute Gasteiger partial charge is 0.254 e. The number of carbonyl (C=O) groups excluding carboxylic acids is 2. The molecule has 2 saturated heterocycles. The lowest BCUT2D eigenvalue weighted by Gasteiger charge is -2.59. The van der Waals surface area contributed by atoms with Crippen LogP contribution in [-0.4, -0.2) is 60.0 Å². The maximum absolute atomic E-state index is 13.3. The lowest BCUT2D eigenvalue weighted by Crippen LogP contribution is -2.77. The van der Waals surface area contributed by atoms with Gasteiger partial charge in [-0.3, -0.25) is 9.59 Å². The molecule has 2 amide bonds. The molecule has 3 aliphatic rings. The normalized spacial score (nSPS) is 24.7. The Morgan fingerprint density at radius 1 is 1.31 bits per heavy atom. The Balaban J connectivity index is 1.39. The van der Waals surface area contributed by atoms with E-state index in [0.717, 1.165) is 19.4 Å². The highest BCUT2D eigenvalue weighted by Crippen LogP contribution is 2.45. The predicted octanol–water partition coefficient (Wildman–Crippen LogP) is 2.00. The maximum atomic E-state index is 13.3. The van der Waals surface area contributed by atoms with Crippen molar-refractivity contribution in [3.05, 3.63) is 35.6 Å². The van der Waals surface area contributed by atoms with E-state index in [4.69, 9.17) is 4.74 Å². The lowest BCUT2D eigenvalue weighted by atomic mass is 9.72. The minimum atomic E-state index is -0.373. The summed E-state index contributed by atoms with van der Waals surface area (Å²) in [6, 6.07) is 6.19. The van der Waals surface area contributed by atoms with Crippen molar-refractivity contribution in [1.29, 1.82) is 0 Å². The lowest BCUT2D eigenvalue weighted by molar-refractivity contribution is -0.199. The molecule has 6 heteroatoms. The van der Waals surface area contributed by atoms with Crippen LogP contribution in [0.1, 0.15) is 31.2 Å². The molecule has 0 bridgehead atoms. The molecule has 1 atom stereocenters. The van der Waals surface area contributed by atoms with Crippen LogP contribution in [0.3, 0.4) is 0 Å². The SMILES string of the molecule is COC1C(=O)N(CC2CC2)C12CCN(C(=O)Cc1cccc(F)c1)CC2. The minimum Gasteiger partial charge on any atom is -0.369 e. The second-order valence-electron chi connectivity index (χ2n) is 7.80. The highest BCUT2D eigenvalue weighted by atomic mass is 19.1. The number of β-lactam (4-membered cyclic amide) rings is 1. The monoisotopic (exact) mass is 360 g/mol. The molecule has 2 aliphatic heterocycles. The minimum absolute atomic E-state index is 0.0128. The number of likely N-dealkylation sites (tertiary alicyclic amines) is 2. The Labute approximate surface area is 153 Å². The van der Waals surface area contributed by atoms with Gasteiger partial charge in [-0.1, -0.05) is 12.1 Å². The van der Waals surface area contributed by atoms with Crippen LogP contribution >= 0.6 is 0 Å². The van der Waals surface area contributed by atoms with Crippen LogP contribution in [-0.2, 0) is 20.7 Å². The van der Waals surface area contributed by atoms with E-state index >= 15 is 0 Å². The van der Waals surface area contributed by atoms with Crippen LogP contribution < -0.4 is 0 Å². The molecule has 1 saturated carbocycles. The summed E-state index contributed by atoms with van der Waals surface area (Å²) in [6.07, 6.45) is 3.74. The number of carbonyl (C=O) groups is 2. The number of nitrogens with zero attached hydrogens (tertiary/aromatic N) is 2. The van der Waals surface area contributed by atoms with Crippen LogP contribution in [0.5, 0.6) is 0 Å². The summed E-state index contributed by atoms with van der Waals surface area (Å²) in [5, 5.41) is 0. The van der Waals surface area contributed by atoms with Crippen molar-refractivity contribution in [2.75, 3.05) is 26.7 Å². The van der Waals surface area contributed by atoms with Crippen molar-refractivity contribution in [3.63, 3.8) is 0 Å². The number of benzene rings is 1. The Kier molecular flexibility index (Phi) is 4.47. The van der Waals surface area contributed by atoms with Crippen LogP contribution in [0, 0.1) is 11.7 Å². The van der Waals surface area contributed by atoms with Gasteiger partial charge in [0, 0.05) is 26.7 Å². The van der Waals surface area contributed by atoms with Gasteiger partial charge in [-0.05, 0) is 49.3 Å². The fraction of sp³-hybridized carbons (Fsp3) is 0.600. The summed E-state index contributed by atoms with van der Waals surface area (Å²) >= 11 is 0. The molecule has 4 rings (SSSR count). The predicted molar refractivity (Wildman–Crippen MR) is 93.9 cm³/mol. The van der Waals surface area contributed by atoms with E-state index in [1.807, 2.05) is 9.80 Å². The van der Waals surface area contributed by atoms with Gasteiger partial charge in [0.2, 0.25) is 5.91 Å². The third kappa shape index (κ3) is 3.00. The van der Waals surface area contributed by atoms with Gasteiger partial charge >= 0.3 is 0 Å². The molecule has 1 aliphatic carbocycles. The Morgan fingerprint density at radius 3 is 2.65 bits per heavy atom. The molecule has 1 spiro atoms. The molecule has 1 aromatic rings. The zero-order valence-electron chi connectivity index (χ0n) is 15.1. The molecule has 2 heterocycles. The summed E-state index contributed by atoms with van der Waals surface area (Å²) in [7, 11) is 1.60. The van der Waals surface area contributed by atoms with E-state index in [1.54, 1.807) is 19.2 Å². The van der Waals surface area contributed by atoms with Gasteiger partial charge in [0.1, 0.15) is 5.82 Å². The number of amides is 2. The third-order valence-corrected chi connectivity index (χ3v) is 6.12. The molecular formula is C20H25FN2O3. The summed E-state index contributed by atoms with van der Waals surface area (Å²) in [6.45, 7) is 2.06. The number of halogens is 1. The van der Waals surface area contributed by atoms with Gasteiger partial charge < -0.3 is 14.5 Å². The first-order chi connectivity index (χ1) is 12.5. The van der Waals surface area contributed by atoms with E-state index in [-0.39, 0.29) is 35.7 Å². The first kappa shape index (κ1) is 17.5. The highest BCUT2D eigenvalue weighted by Gasteiger charge is 2.61. The van der Waals surface area contributed by atoms with Crippen LogP contribution in [0.25, 0.3) is 0 Å². The van der Waals surface area contributed by atoms with Gasteiger partial charge in [-0.25, -0.2) is 4.39 Å². The van der Waals surface area contributed by atoms with E-state index < -0.39 is 0 Å². The average molecular weight is 360 g/mol. The zero-order chi connectivity index (χ0) is 18.3. The van der Waals surface area contributed by atoms with Crippen molar-refractivity contribution in [2.45, 2.75) is 43.7 Å². The Hall–Kier alpha value is -1.95. The summed E-state index contributed by atoms with van der Waals surface area (Å²) in [4.78, 5) is 28.8. The highest BCUT2D eigenvalue weighted by molar-refractivity contribution is 5.90. The molecule has 0 radical (unpaired) electrons. The fourth-order valence-electron chi connectivity index (χ4n) is 4.43. The van der Waals surface area contributed by atoms with E-state index in [1.165, 1.54) is 25.0 Å². The van der Waals surface area contributed by atoms with Gasteiger partial charge in [0.25, 0.3) is 5.91 Å². The second-order valence-corrected chi connectivity index (χ2v) is 7.80. The molecule has 1 unspecified atom stereocenters. The standard InChI is InChI=1S/C20H25FN2O3/c1-26-18-19(25)23(13-14-5-6-14)20(18)7-9-22(10-8-20)17(24)12-15-3-2-4-16(21)11-15/h2-4,11,14,18H,5-10,12-13H2,1H3. The number of hydrogen-bond acceptors (Lipinski definition) is 3. The van der Waals surface area contributed by atoms with Crippen LogP contribution in [0.15, 0.2) is 24.3 Å². The molecular weight excluding hydrogens is 335 g/mol. The summed E-state index contributed by atoms with van der Waals surface area (Å²) in [5.41, 5.74) is 0.448. The van der Waals surface area contributed by atoms with Crippen molar-refractivity contribution >= 4 is 11.8 Å². The van der Waals surface area contributed by atoms with E-state index in [0.29, 0.717) is 24.6 Å². The van der Waals surface area contributed by atoms with Gasteiger partial charge in [0.15, 0.2) is 6.10 Å². The summed E-state index contributed by atoms with van der Waals surface area (Å²) < 4.78 is 18.8. The zero-order valence-corrected chi connectivity index (χ0v) is 15.1. The molecule has 140 valence electrons. The third-order valence-electron chi connectivity index (χ3n) is 6.12. The van der Waals surface area contributed by atoms with Gasteiger partial charge in [0.05, 0.1) is 12.0 Å². The topological polar surface area (TPSA) is 49.9 Å². The first-order valence-corrected chi connectivity index (χ1v) is 9.40. The first-order valence-electron chi connectivity index (χ1n) is 9.40. The number of ether oxygens (including phenoxy) is 1. The number of rotatable bonds is 5. The summed E-state index contributed by atoms with van der Waals surface area (Å²) in [5.74, 6) is 0.429. The van der Waals surface area contributed by atoms with Gasteiger partial charge in [-0.2, -0.15) is 0 Å². The van der Waals surface area contributed by atoms with Crippen LogP contribution in [0.4, 0.5) is 4.39 Å². The number of methoxy groups -OCH3 is 1. The second kappa shape index (κ2) is 6.65. The molecule has 0 aromatic heterocycles. The Morgan fingerprint density at radius 2 is 2.04 bits per heavy atom. The molecule has 0 N–H and O–H groups in total. The largest absolute Gasteiger partial charge is 0.369 e. The quantitative estimate of drug-likeness (QED) is 0.755. The number of hydrogen-bond donors (Lipinski definition) is 0. The molecule has 26 heavy (non-hydrogen) atoms. The van der Waals surface area contributed by atoms with Crippen LogP contribution in [0.2, 0.25) is 0 Å². The van der Waals surface area contributed by atoms with Crippen molar-refractivity contribution in [2.24, 2.45) is 5.92 Å². The van der Waals surface area contributed by atoms with E-state index in [9.17, 15) is 14.0 Å². The van der Waals surface area contributed by atoms with E-state index in [2.05, 4.69) is 0 Å². The molecule has 5 nitrogen and oxygen atoms in total. The molecule has 3 fully saturated rings. The fourth-order valence-corrected chi connectivity index (χ4v) is 4.43. The number of piperidine rings is 1. The van der Waals surface area contributed by atoms with Crippen molar-refractivity contribution in [3.8, 4) is 0 Å². The molecule has 1 aromatic carbocycles. The Bertz CT molecular complexity index is 711. The van der Waals surface area contributed by atoms with Crippen molar-refractivity contribution < 1.29 is 18.7 Å². The van der Waals surface area contributed by atoms with Gasteiger partial charge in [-0.15, -0.1) is 0 Å². The maximum Gasteiger partial charge on any atom is 0.254 e. The average Bonchev–Trinajstić information content (AvgIpc) is 3.45. The van der Waals surface area contributed by atoms with Crippen molar-refractivity contribution in [1.82, 2.24) is 9.80 Å².